The van der Waals surface area contributed by atoms with Gasteiger partial charge in [-0.05, 0) is 12.8 Å². The number of rotatable bonds is 5. The molecule has 0 aromatic rings. The molecule has 3 N–H and O–H groups in total. The van der Waals surface area contributed by atoms with Crippen molar-refractivity contribution < 1.29 is 24.6 Å². The molecule has 1 saturated heterocycles. The zero-order valence-corrected chi connectivity index (χ0v) is 12.8. The number of amides is 2. The van der Waals surface area contributed by atoms with E-state index in [1.54, 1.807) is 20.8 Å². The summed E-state index contributed by atoms with van der Waals surface area (Å²) in [5.74, 6) is -1.77. The second kappa shape index (κ2) is 6.89. The summed E-state index contributed by atoms with van der Waals surface area (Å²) in [5, 5.41) is 20.2. The van der Waals surface area contributed by atoms with E-state index in [-0.39, 0.29) is 18.9 Å². The van der Waals surface area contributed by atoms with Gasteiger partial charge in [0.2, 0.25) is 11.8 Å². The summed E-state index contributed by atoms with van der Waals surface area (Å²) in [7, 11) is 0. The second-order valence-corrected chi connectivity index (χ2v) is 6.32. The molecular weight excluding hydrogens is 276 g/mol. The molecule has 0 aromatic carbocycles. The van der Waals surface area contributed by atoms with Crippen LogP contribution in [0.5, 0.6) is 0 Å². The molecule has 0 aromatic heterocycles. The van der Waals surface area contributed by atoms with Gasteiger partial charge in [-0.3, -0.25) is 9.59 Å². The summed E-state index contributed by atoms with van der Waals surface area (Å²) >= 11 is 0. The predicted octanol–water partition coefficient (Wildman–Crippen LogP) is -0.0247. The van der Waals surface area contributed by atoms with Gasteiger partial charge in [0.25, 0.3) is 0 Å². The van der Waals surface area contributed by atoms with Gasteiger partial charge < -0.3 is 20.4 Å². The van der Waals surface area contributed by atoms with Crippen molar-refractivity contribution in [1.82, 2.24) is 10.2 Å². The van der Waals surface area contributed by atoms with Gasteiger partial charge in [0.1, 0.15) is 12.1 Å². The summed E-state index contributed by atoms with van der Waals surface area (Å²) in [6, 6.07) is -1.76. The average molecular weight is 300 g/mol. The van der Waals surface area contributed by atoms with Crippen molar-refractivity contribution in [2.75, 3.05) is 13.2 Å². The highest BCUT2D eigenvalue weighted by Gasteiger charge is 2.39. The van der Waals surface area contributed by atoms with Gasteiger partial charge in [0.15, 0.2) is 0 Å². The Balaban J connectivity index is 2.76. The highest BCUT2D eigenvalue weighted by atomic mass is 16.4. The largest absolute Gasteiger partial charge is 0.480 e. The molecule has 2 amide bonds. The minimum Gasteiger partial charge on any atom is -0.480 e. The number of hydrogen-bond acceptors (Lipinski definition) is 4. The van der Waals surface area contributed by atoms with Gasteiger partial charge in [-0.25, -0.2) is 4.79 Å². The Kier molecular flexibility index (Phi) is 5.71. The van der Waals surface area contributed by atoms with Crippen LogP contribution in [0.3, 0.4) is 0 Å². The lowest BCUT2D eigenvalue weighted by Crippen LogP contribution is -2.52. The Labute approximate surface area is 124 Å². The lowest BCUT2D eigenvalue weighted by Gasteiger charge is -2.30. The summed E-state index contributed by atoms with van der Waals surface area (Å²) in [6.07, 6.45) is 1.19. The van der Waals surface area contributed by atoms with Crippen LogP contribution in [0.15, 0.2) is 0 Å². The lowest BCUT2D eigenvalue weighted by atomic mass is 9.94. The van der Waals surface area contributed by atoms with Gasteiger partial charge in [0, 0.05) is 25.0 Å². The van der Waals surface area contributed by atoms with Crippen LogP contribution in [0, 0.1) is 5.41 Å². The molecule has 7 heteroatoms. The Hall–Kier alpha value is -1.63. The molecule has 0 aliphatic carbocycles. The number of aliphatic hydroxyl groups is 1. The van der Waals surface area contributed by atoms with Crippen LogP contribution >= 0.6 is 0 Å². The first-order chi connectivity index (χ1) is 9.68. The fraction of sp³-hybridized carbons (Fsp3) is 0.786. The third kappa shape index (κ3) is 4.42. The number of carboxylic acids is 1. The predicted molar refractivity (Wildman–Crippen MR) is 75.5 cm³/mol. The van der Waals surface area contributed by atoms with Crippen LogP contribution in [-0.2, 0) is 14.4 Å². The average Bonchev–Trinajstić information content (AvgIpc) is 2.84. The first-order valence-electron chi connectivity index (χ1n) is 7.13. The van der Waals surface area contributed by atoms with Crippen molar-refractivity contribution in [2.45, 2.75) is 52.1 Å². The maximum atomic E-state index is 12.3. The number of carboxylic acid groups (broad SMARTS) is 1. The van der Waals surface area contributed by atoms with E-state index in [0.29, 0.717) is 13.0 Å². The molecule has 1 aliphatic heterocycles. The summed E-state index contributed by atoms with van der Waals surface area (Å²) < 4.78 is 0. The summed E-state index contributed by atoms with van der Waals surface area (Å²) in [4.78, 5) is 37.1. The molecule has 120 valence electrons. The smallest absolute Gasteiger partial charge is 0.326 e. The van der Waals surface area contributed by atoms with Gasteiger partial charge in [-0.15, -0.1) is 0 Å². The molecule has 2 atom stereocenters. The highest BCUT2D eigenvalue weighted by molar-refractivity contribution is 5.92. The number of carbonyl (C=O) groups excluding carboxylic acids is 2. The fourth-order valence-electron chi connectivity index (χ4n) is 2.37. The van der Waals surface area contributed by atoms with Gasteiger partial charge in [-0.1, -0.05) is 20.8 Å². The van der Waals surface area contributed by atoms with Crippen molar-refractivity contribution in [1.29, 1.82) is 0 Å². The zero-order chi connectivity index (χ0) is 16.2. The van der Waals surface area contributed by atoms with Crippen LogP contribution in [0.2, 0.25) is 0 Å². The number of likely N-dealkylation sites (tertiary alicyclic amines) is 1. The quantitative estimate of drug-likeness (QED) is 0.661. The van der Waals surface area contributed by atoms with Gasteiger partial charge in [-0.2, -0.15) is 0 Å². The van der Waals surface area contributed by atoms with Crippen LogP contribution in [0.1, 0.15) is 40.0 Å². The van der Waals surface area contributed by atoms with Crippen molar-refractivity contribution in [3.63, 3.8) is 0 Å². The topological polar surface area (TPSA) is 107 Å². The van der Waals surface area contributed by atoms with Crippen molar-refractivity contribution in [3.8, 4) is 0 Å². The molecule has 0 bridgehead atoms. The van der Waals surface area contributed by atoms with Gasteiger partial charge in [0.05, 0.1) is 0 Å². The number of carbonyl (C=O) groups is 3. The summed E-state index contributed by atoms with van der Waals surface area (Å²) in [6.45, 7) is 5.54. The van der Waals surface area contributed by atoms with Crippen molar-refractivity contribution in [3.05, 3.63) is 0 Å². The van der Waals surface area contributed by atoms with Crippen LogP contribution in [0.25, 0.3) is 0 Å². The third-order valence-electron chi connectivity index (χ3n) is 3.49. The number of hydrogen-bond donors (Lipinski definition) is 3. The third-order valence-corrected chi connectivity index (χ3v) is 3.49. The molecule has 21 heavy (non-hydrogen) atoms. The second-order valence-electron chi connectivity index (χ2n) is 6.32. The maximum Gasteiger partial charge on any atom is 0.326 e. The number of aliphatic hydroxyl groups excluding tert-OH is 1. The Morgan fingerprint density at radius 3 is 2.43 bits per heavy atom. The lowest BCUT2D eigenvalue weighted by molar-refractivity contribution is -0.146. The molecule has 1 heterocycles. The van der Waals surface area contributed by atoms with Crippen molar-refractivity contribution in [2.24, 2.45) is 5.41 Å². The number of aliphatic carboxylic acids is 1. The van der Waals surface area contributed by atoms with Crippen LogP contribution in [0.4, 0.5) is 0 Å². The molecule has 7 nitrogen and oxygen atoms in total. The first-order valence-corrected chi connectivity index (χ1v) is 7.13. The highest BCUT2D eigenvalue weighted by Crippen LogP contribution is 2.25. The minimum absolute atomic E-state index is 0.0546. The Morgan fingerprint density at radius 1 is 1.33 bits per heavy atom. The summed E-state index contributed by atoms with van der Waals surface area (Å²) in [5.41, 5.74) is -0.583. The molecule has 1 unspecified atom stereocenters. The molecule has 0 spiro atoms. The van der Waals surface area contributed by atoms with Gasteiger partial charge >= 0.3 is 5.97 Å². The van der Waals surface area contributed by atoms with E-state index < -0.39 is 29.4 Å². The van der Waals surface area contributed by atoms with E-state index in [2.05, 4.69) is 5.32 Å². The molecule has 0 saturated carbocycles. The molecule has 0 radical (unpaired) electrons. The van der Waals surface area contributed by atoms with Crippen LogP contribution in [-0.4, -0.2) is 58.1 Å². The molecule has 1 rings (SSSR count). The minimum atomic E-state index is -1.19. The van der Waals surface area contributed by atoms with E-state index in [9.17, 15) is 14.4 Å². The van der Waals surface area contributed by atoms with E-state index >= 15 is 0 Å². The SMILES string of the molecule is CC(C)(C)C(=O)N1CCCC1C(=O)N[C@H](CCO)C(=O)O. The normalized spacial score (nSPS) is 20.2. The number of nitrogens with zero attached hydrogens (tertiary/aromatic N) is 1. The van der Waals surface area contributed by atoms with E-state index in [1.165, 1.54) is 4.90 Å². The first kappa shape index (κ1) is 17.4. The van der Waals surface area contributed by atoms with E-state index in [1.807, 2.05) is 0 Å². The Bertz CT molecular complexity index is 416. The fourth-order valence-corrected chi connectivity index (χ4v) is 2.37. The Morgan fingerprint density at radius 2 is 1.95 bits per heavy atom. The van der Waals surface area contributed by atoms with E-state index in [4.69, 9.17) is 10.2 Å². The maximum absolute atomic E-state index is 12.3. The standard InChI is InChI=1S/C14H24N2O5/c1-14(2,3)13(21)16-7-4-5-10(16)11(18)15-9(6-8-17)12(19)20/h9-10,17H,4-8H2,1-3H3,(H,15,18)(H,19,20)/t9-,10?/m1/s1. The van der Waals surface area contributed by atoms with E-state index in [0.717, 1.165) is 6.42 Å². The zero-order valence-electron chi connectivity index (χ0n) is 12.8. The number of nitrogens with one attached hydrogen (secondary N) is 1. The molecular formula is C14H24N2O5. The van der Waals surface area contributed by atoms with Crippen LogP contribution < -0.4 is 5.32 Å². The molecule has 1 aliphatic rings. The monoisotopic (exact) mass is 300 g/mol. The van der Waals surface area contributed by atoms with Crippen molar-refractivity contribution >= 4 is 17.8 Å². The molecule has 1 fully saturated rings.